The van der Waals surface area contributed by atoms with Gasteiger partial charge in [0.1, 0.15) is 12.5 Å². The van der Waals surface area contributed by atoms with E-state index in [0.29, 0.717) is 19.4 Å². The van der Waals surface area contributed by atoms with Crippen LogP contribution in [0.25, 0.3) is 0 Å². The standard InChI is InChI=1S/C6H13NO3/c8-4-2-1-3-7-6(10)5-9/h4,6-7,9-10H,1-3,5H2. The van der Waals surface area contributed by atoms with Gasteiger partial charge in [0.05, 0.1) is 6.61 Å². The average molecular weight is 147 g/mol. The number of aldehydes is 1. The summed E-state index contributed by atoms with van der Waals surface area (Å²) in [4.78, 5) is 9.78. The fourth-order valence-corrected chi connectivity index (χ4v) is 0.519. The Balaban J connectivity index is 2.95. The van der Waals surface area contributed by atoms with Crippen molar-refractivity contribution in [1.82, 2.24) is 5.32 Å². The third-order valence-electron chi connectivity index (χ3n) is 1.05. The van der Waals surface area contributed by atoms with Crippen LogP contribution in [0.5, 0.6) is 0 Å². The van der Waals surface area contributed by atoms with Crippen LogP contribution in [0.1, 0.15) is 12.8 Å². The maximum absolute atomic E-state index is 9.78. The second-order valence-electron chi connectivity index (χ2n) is 1.96. The van der Waals surface area contributed by atoms with E-state index in [4.69, 9.17) is 10.2 Å². The number of hydrogen-bond acceptors (Lipinski definition) is 4. The lowest BCUT2D eigenvalue weighted by molar-refractivity contribution is -0.107. The van der Waals surface area contributed by atoms with E-state index in [1.54, 1.807) is 0 Å². The Morgan fingerprint density at radius 1 is 1.60 bits per heavy atom. The first-order chi connectivity index (χ1) is 4.81. The Bertz CT molecular complexity index is 87.1. The molecule has 1 atom stereocenters. The van der Waals surface area contributed by atoms with E-state index < -0.39 is 6.23 Å². The fourth-order valence-electron chi connectivity index (χ4n) is 0.519. The van der Waals surface area contributed by atoms with Crippen LogP contribution in [-0.4, -0.2) is 35.9 Å². The van der Waals surface area contributed by atoms with Gasteiger partial charge in [-0.1, -0.05) is 0 Å². The zero-order chi connectivity index (χ0) is 7.82. The lowest BCUT2D eigenvalue weighted by Crippen LogP contribution is -2.32. The molecule has 0 fully saturated rings. The highest BCUT2D eigenvalue weighted by Crippen LogP contribution is 1.81. The smallest absolute Gasteiger partial charge is 0.128 e. The van der Waals surface area contributed by atoms with Gasteiger partial charge in [0.2, 0.25) is 0 Å². The molecule has 0 aliphatic carbocycles. The Morgan fingerprint density at radius 3 is 2.80 bits per heavy atom. The molecular formula is C6H13NO3. The molecule has 0 saturated heterocycles. The lowest BCUT2D eigenvalue weighted by Gasteiger charge is -2.07. The van der Waals surface area contributed by atoms with Gasteiger partial charge in [0.25, 0.3) is 0 Å². The predicted molar refractivity (Wildman–Crippen MR) is 36.4 cm³/mol. The summed E-state index contributed by atoms with van der Waals surface area (Å²) in [6.07, 6.45) is 1.16. The van der Waals surface area contributed by atoms with E-state index in [9.17, 15) is 4.79 Å². The highest BCUT2D eigenvalue weighted by molar-refractivity contribution is 5.48. The maximum atomic E-state index is 9.78. The molecule has 3 N–H and O–H groups in total. The van der Waals surface area contributed by atoms with E-state index in [2.05, 4.69) is 5.32 Å². The van der Waals surface area contributed by atoms with Gasteiger partial charge < -0.3 is 15.0 Å². The second kappa shape index (κ2) is 6.67. The molecular weight excluding hydrogens is 134 g/mol. The van der Waals surface area contributed by atoms with Crippen molar-refractivity contribution in [2.45, 2.75) is 19.1 Å². The van der Waals surface area contributed by atoms with Crippen molar-refractivity contribution >= 4 is 6.29 Å². The minimum atomic E-state index is -0.855. The zero-order valence-corrected chi connectivity index (χ0v) is 5.79. The average Bonchev–Trinajstić information content (AvgIpc) is 1.98. The molecule has 0 heterocycles. The quantitative estimate of drug-likeness (QED) is 0.252. The molecule has 4 heteroatoms. The van der Waals surface area contributed by atoms with Crippen LogP contribution in [0.4, 0.5) is 0 Å². The van der Waals surface area contributed by atoms with Gasteiger partial charge in [-0.3, -0.25) is 5.32 Å². The Morgan fingerprint density at radius 2 is 2.30 bits per heavy atom. The summed E-state index contributed by atoms with van der Waals surface area (Å²) >= 11 is 0. The molecule has 0 radical (unpaired) electrons. The van der Waals surface area contributed by atoms with Crippen molar-refractivity contribution in [3.8, 4) is 0 Å². The van der Waals surface area contributed by atoms with Crippen molar-refractivity contribution in [2.24, 2.45) is 0 Å². The fraction of sp³-hybridized carbons (Fsp3) is 0.833. The molecule has 0 aromatic carbocycles. The van der Waals surface area contributed by atoms with Crippen molar-refractivity contribution in [1.29, 1.82) is 0 Å². The third kappa shape index (κ3) is 5.68. The third-order valence-corrected chi connectivity index (χ3v) is 1.05. The molecule has 10 heavy (non-hydrogen) atoms. The van der Waals surface area contributed by atoms with E-state index in [0.717, 1.165) is 6.29 Å². The summed E-state index contributed by atoms with van der Waals surface area (Å²) in [6, 6.07) is 0. The zero-order valence-electron chi connectivity index (χ0n) is 5.79. The van der Waals surface area contributed by atoms with Crippen molar-refractivity contribution in [3.05, 3.63) is 0 Å². The van der Waals surface area contributed by atoms with Crippen molar-refractivity contribution < 1.29 is 15.0 Å². The highest BCUT2D eigenvalue weighted by Gasteiger charge is 1.97. The number of carbonyl (C=O) groups excluding carboxylic acids is 1. The van der Waals surface area contributed by atoms with Crippen LogP contribution in [-0.2, 0) is 4.79 Å². The molecule has 0 saturated carbocycles. The van der Waals surface area contributed by atoms with Gasteiger partial charge in [0.15, 0.2) is 0 Å². The molecule has 0 aliphatic rings. The van der Waals surface area contributed by atoms with Gasteiger partial charge in [-0.2, -0.15) is 0 Å². The summed E-state index contributed by atoms with van der Waals surface area (Å²) in [5, 5.41) is 19.6. The largest absolute Gasteiger partial charge is 0.392 e. The van der Waals surface area contributed by atoms with Gasteiger partial charge >= 0.3 is 0 Å². The first-order valence-electron chi connectivity index (χ1n) is 3.27. The minimum Gasteiger partial charge on any atom is -0.392 e. The molecule has 0 aromatic rings. The normalized spacial score (nSPS) is 13.0. The molecule has 60 valence electrons. The van der Waals surface area contributed by atoms with E-state index >= 15 is 0 Å². The van der Waals surface area contributed by atoms with Gasteiger partial charge in [-0.05, 0) is 13.0 Å². The van der Waals surface area contributed by atoms with Gasteiger partial charge in [-0.25, -0.2) is 0 Å². The predicted octanol–water partition coefficient (Wildman–Crippen LogP) is -1.13. The topological polar surface area (TPSA) is 69.6 Å². The first-order valence-corrected chi connectivity index (χ1v) is 3.27. The van der Waals surface area contributed by atoms with Crippen LogP contribution in [0, 0.1) is 0 Å². The van der Waals surface area contributed by atoms with Gasteiger partial charge in [0, 0.05) is 6.42 Å². The highest BCUT2D eigenvalue weighted by atomic mass is 16.3. The number of rotatable bonds is 6. The summed E-state index contributed by atoms with van der Waals surface area (Å²) in [5.41, 5.74) is 0. The van der Waals surface area contributed by atoms with E-state index in [1.165, 1.54) is 0 Å². The summed E-state index contributed by atoms with van der Waals surface area (Å²) < 4.78 is 0. The van der Waals surface area contributed by atoms with Gasteiger partial charge in [-0.15, -0.1) is 0 Å². The molecule has 4 nitrogen and oxygen atoms in total. The molecule has 1 unspecified atom stereocenters. The molecule has 0 aliphatic heterocycles. The van der Waals surface area contributed by atoms with Crippen molar-refractivity contribution in [3.63, 3.8) is 0 Å². The summed E-state index contributed by atoms with van der Waals surface area (Å²) in [6.45, 7) is 0.265. The molecule has 0 rings (SSSR count). The lowest BCUT2D eigenvalue weighted by atomic mass is 10.3. The SMILES string of the molecule is O=CCCCNC(O)CO. The Hall–Kier alpha value is -0.450. The molecule has 0 spiro atoms. The van der Waals surface area contributed by atoms with Crippen LogP contribution in [0.3, 0.4) is 0 Å². The van der Waals surface area contributed by atoms with Crippen LogP contribution >= 0.6 is 0 Å². The number of aliphatic hydroxyl groups is 2. The minimum absolute atomic E-state index is 0.291. The number of nitrogens with one attached hydrogen (secondary N) is 1. The van der Waals surface area contributed by atoms with Crippen molar-refractivity contribution in [2.75, 3.05) is 13.2 Å². The second-order valence-corrected chi connectivity index (χ2v) is 1.96. The maximum Gasteiger partial charge on any atom is 0.128 e. The summed E-state index contributed by atoms with van der Waals surface area (Å²) in [5.74, 6) is 0. The number of unbranched alkanes of at least 4 members (excludes halogenated alkanes) is 1. The molecule has 0 aromatic heterocycles. The monoisotopic (exact) mass is 147 g/mol. The number of aliphatic hydroxyl groups excluding tert-OH is 2. The number of carbonyl (C=O) groups is 1. The number of hydrogen-bond donors (Lipinski definition) is 3. The Labute approximate surface area is 59.9 Å². The molecule has 0 bridgehead atoms. The first kappa shape index (κ1) is 9.55. The summed E-state index contributed by atoms with van der Waals surface area (Å²) in [7, 11) is 0. The molecule has 0 amide bonds. The van der Waals surface area contributed by atoms with E-state index in [-0.39, 0.29) is 6.61 Å². The van der Waals surface area contributed by atoms with Crippen LogP contribution in [0.15, 0.2) is 0 Å². The van der Waals surface area contributed by atoms with Crippen LogP contribution in [0.2, 0.25) is 0 Å². The van der Waals surface area contributed by atoms with E-state index in [1.807, 2.05) is 0 Å². The van der Waals surface area contributed by atoms with Crippen LogP contribution < -0.4 is 5.32 Å². The Kier molecular flexibility index (Phi) is 6.37.